The highest BCUT2D eigenvalue weighted by molar-refractivity contribution is 14.1. The van der Waals surface area contributed by atoms with Gasteiger partial charge in [0.25, 0.3) is 0 Å². The zero-order chi connectivity index (χ0) is 9.42. The molecule has 1 aliphatic rings. The van der Waals surface area contributed by atoms with E-state index in [0.717, 1.165) is 17.9 Å². The topological polar surface area (TPSA) is 26.0 Å². The van der Waals surface area contributed by atoms with Crippen LogP contribution in [-0.2, 0) is 6.42 Å². The maximum atomic E-state index is 6.02. The second kappa shape index (κ2) is 3.75. The van der Waals surface area contributed by atoms with E-state index in [2.05, 4.69) is 22.6 Å². The molecule has 2 N–H and O–H groups in total. The molecule has 1 aromatic rings. The van der Waals surface area contributed by atoms with Crippen molar-refractivity contribution >= 4 is 34.2 Å². The van der Waals surface area contributed by atoms with Gasteiger partial charge < -0.3 is 5.73 Å². The molecule has 1 nitrogen and oxygen atoms in total. The van der Waals surface area contributed by atoms with Crippen LogP contribution < -0.4 is 5.73 Å². The molecule has 3 heteroatoms. The fraction of sp³-hybridized carbons (Fsp3) is 0.400. The number of fused-ring (bicyclic) bond motifs is 1. The Balaban J connectivity index is 2.56. The quantitative estimate of drug-likeness (QED) is 0.731. The second-order valence-electron chi connectivity index (χ2n) is 3.45. The lowest BCUT2D eigenvalue weighted by Gasteiger charge is -2.23. The molecule has 0 spiro atoms. The van der Waals surface area contributed by atoms with Crippen molar-refractivity contribution in [1.82, 2.24) is 0 Å². The lowest BCUT2D eigenvalue weighted by molar-refractivity contribution is 0.569. The predicted molar refractivity (Wildman–Crippen MR) is 64.0 cm³/mol. The lowest BCUT2D eigenvalue weighted by atomic mass is 9.88. The van der Waals surface area contributed by atoms with E-state index in [9.17, 15) is 0 Å². The molecular weight excluding hydrogens is 296 g/mol. The average molecular weight is 308 g/mol. The first kappa shape index (κ1) is 9.74. The number of hydrogen-bond acceptors (Lipinski definition) is 1. The van der Waals surface area contributed by atoms with Crippen LogP contribution in [0.25, 0.3) is 0 Å². The van der Waals surface area contributed by atoms with Crippen LogP contribution in [0, 0.1) is 3.57 Å². The van der Waals surface area contributed by atoms with Gasteiger partial charge in [0.2, 0.25) is 0 Å². The van der Waals surface area contributed by atoms with Crippen molar-refractivity contribution in [1.29, 1.82) is 0 Å². The molecule has 2 rings (SSSR count). The number of benzene rings is 1. The molecule has 0 amide bonds. The van der Waals surface area contributed by atoms with E-state index < -0.39 is 0 Å². The molecule has 70 valence electrons. The minimum atomic E-state index is 0.191. The third-order valence-corrected chi connectivity index (χ3v) is 3.72. The van der Waals surface area contributed by atoms with E-state index in [1.54, 1.807) is 0 Å². The smallest absolute Gasteiger partial charge is 0.0420 e. The Labute approximate surface area is 96.8 Å². The first-order valence-electron chi connectivity index (χ1n) is 4.42. The van der Waals surface area contributed by atoms with Crippen LogP contribution in [0.5, 0.6) is 0 Å². The molecule has 0 saturated carbocycles. The Bertz CT molecular complexity index is 338. The van der Waals surface area contributed by atoms with Crippen LogP contribution in [-0.4, -0.2) is 0 Å². The largest absolute Gasteiger partial charge is 0.324 e. The average Bonchev–Trinajstić information content (AvgIpc) is 2.07. The molecule has 0 bridgehead atoms. The minimum Gasteiger partial charge on any atom is -0.324 e. The van der Waals surface area contributed by atoms with Crippen LogP contribution in [0.15, 0.2) is 12.1 Å². The second-order valence-corrected chi connectivity index (χ2v) is 5.05. The molecular formula is C10H11ClIN. The highest BCUT2D eigenvalue weighted by Crippen LogP contribution is 2.33. The van der Waals surface area contributed by atoms with Gasteiger partial charge in [0.1, 0.15) is 0 Å². The summed E-state index contributed by atoms with van der Waals surface area (Å²) in [6, 6.07) is 4.22. The predicted octanol–water partition coefficient (Wildman–Crippen LogP) is 3.28. The fourth-order valence-electron chi connectivity index (χ4n) is 1.87. The van der Waals surface area contributed by atoms with Crippen LogP contribution in [0.2, 0.25) is 5.02 Å². The summed E-state index contributed by atoms with van der Waals surface area (Å²) in [5, 5.41) is 0.806. The molecule has 0 unspecified atom stereocenters. The van der Waals surface area contributed by atoms with Gasteiger partial charge in [-0.2, -0.15) is 0 Å². The first-order valence-corrected chi connectivity index (χ1v) is 5.87. The summed E-state index contributed by atoms with van der Waals surface area (Å²) in [4.78, 5) is 0. The van der Waals surface area contributed by atoms with Gasteiger partial charge in [-0.3, -0.25) is 0 Å². The molecule has 1 atom stereocenters. The van der Waals surface area contributed by atoms with Crippen molar-refractivity contribution in [3.05, 3.63) is 31.9 Å². The highest BCUT2D eigenvalue weighted by Gasteiger charge is 2.19. The lowest BCUT2D eigenvalue weighted by Crippen LogP contribution is -2.18. The molecule has 0 aromatic heterocycles. The van der Waals surface area contributed by atoms with Crippen LogP contribution in [0.1, 0.15) is 30.0 Å². The Hall–Kier alpha value is 0.200. The van der Waals surface area contributed by atoms with Crippen molar-refractivity contribution < 1.29 is 0 Å². The molecule has 0 fully saturated rings. The maximum Gasteiger partial charge on any atom is 0.0420 e. The number of nitrogens with two attached hydrogens (primary N) is 1. The molecule has 0 saturated heterocycles. The van der Waals surface area contributed by atoms with Crippen molar-refractivity contribution in [2.24, 2.45) is 5.73 Å². The minimum absolute atomic E-state index is 0.191. The monoisotopic (exact) mass is 307 g/mol. The third kappa shape index (κ3) is 1.85. The zero-order valence-corrected chi connectivity index (χ0v) is 10.1. The Morgan fingerprint density at radius 3 is 3.00 bits per heavy atom. The van der Waals surface area contributed by atoms with E-state index in [-0.39, 0.29) is 6.04 Å². The Morgan fingerprint density at radius 1 is 1.46 bits per heavy atom. The third-order valence-electron chi connectivity index (χ3n) is 2.54. The molecule has 1 aliphatic carbocycles. The number of halogens is 2. The van der Waals surface area contributed by atoms with Crippen LogP contribution in [0.4, 0.5) is 0 Å². The summed E-state index contributed by atoms with van der Waals surface area (Å²) in [5.41, 5.74) is 8.68. The van der Waals surface area contributed by atoms with Gasteiger partial charge in [0.15, 0.2) is 0 Å². The van der Waals surface area contributed by atoms with Gasteiger partial charge in [-0.05, 0) is 65.1 Å². The number of rotatable bonds is 0. The van der Waals surface area contributed by atoms with Gasteiger partial charge in [-0.1, -0.05) is 11.6 Å². The van der Waals surface area contributed by atoms with E-state index in [1.807, 2.05) is 12.1 Å². The van der Waals surface area contributed by atoms with Gasteiger partial charge >= 0.3 is 0 Å². The van der Waals surface area contributed by atoms with E-state index in [4.69, 9.17) is 17.3 Å². The highest BCUT2D eigenvalue weighted by atomic mass is 127. The standard InChI is InChI=1S/C10H11ClIN/c11-6-4-8-7(9(12)5-6)2-1-3-10(8)13/h4-5,10H,1-3,13H2/t10-/m0/s1. The summed E-state index contributed by atoms with van der Waals surface area (Å²) in [5.74, 6) is 0. The van der Waals surface area contributed by atoms with E-state index in [0.29, 0.717) is 0 Å². The number of hydrogen-bond donors (Lipinski definition) is 1. The Morgan fingerprint density at radius 2 is 2.23 bits per heavy atom. The van der Waals surface area contributed by atoms with Crippen molar-refractivity contribution in [3.8, 4) is 0 Å². The molecule has 13 heavy (non-hydrogen) atoms. The normalized spacial score (nSPS) is 21.3. The SMILES string of the molecule is N[C@H]1CCCc2c(I)cc(Cl)cc21. The van der Waals surface area contributed by atoms with Gasteiger partial charge in [0, 0.05) is 14.6 Å². The Kier molecular flexibility index (Phi) is 2.81. The first-order chi connectivity index (χ1) is 6.18. The van der Waals surface area contributed by atoms with Gasteiger partial charge in [-0.15, -0.1) is 0 Å². The molecule has 0 heterocycles. The van der Waals surface area contributed by atoms with Crippen LogP contribution >= 0.6 is 34.2 Å². The fourth-order valence-corrected chi connectivity index (χ4v) is 3.20. The maximum absolute atomic E-state index is 6.02. The van der Waals surface area contributed by atoms with Crippen molar-refractivity contribution in [3.63, 3.8) is 0 Å². The molecule has 0 aliphatic heterocycles. The van der Waals surface area contributed by atoms with Gasteiger partial charge in [0.05, 0.1) is 0 Å². The summed E-state index contributed by atoms with van der Waals surface area (Å²) >= 11 is 8.33. The summed E-state index contributed by atoms with van der Waals surface area (Å²) in [6.45, 7) is 0. The molecule has 1 aromatic carbocycles. The molecule has 0 radical (unpaired) electrons. The van der Waals surface area contributed by atoms with Gasteiger partial charge in [-0.25, -0.2) is 0 Å². The van der Waals surface area contributed by atoms with Crippen molar-refractivity contribution in [2.75, 3.05) is 0 Å². The van der Waals surface area contributed by atoms with Crippen LogP contribution in [0.3, 0.4) is 0 Å². The summed E-state index contributed by atoms with van der Waals surface area (Å²) in [6.07, 6.45) is 3.44. The summed E-state index contributed by atoms with van der Waals surface area (Å²) < 4.78 is 1.26. The van der Waals surface area contributed by atoms with E-state index in [1.165, 1.54) is 21.1 Å². The van der Waals surface area contributed by atoms with E-state index >= 15 is 0 Å². The zero-order valence-electron chi connectivity index (χ0n) is 7.19. The van der Waals surface area contributed by atoms with Crippen molar-refractivity contribution in [2.45, 2.75) is 25.3 Å². The summed E-state index contributed by atoms with van der Waals surface area (Å²) in [7, 11) is 0.